The van der Waals surface area contributed by atoms with Crippen LogP contribution in [0.1, 0.15) is 84.0 Å². The highest BCUT2D eigenvalue weighted by molar-refractivity contribution is 5.86. The Kier molecular flexibility index (Phi) is 8.87. The van der Waals surface area contributed by atoms with Gasteiger partial charge in [-0.15, -0.1) is 0 Å². The third kappa shape index (κ3) is 6.51. The average molecular weight is 473 g/mol. The zero-order valence-electron chi connectivity index (χ0n) is 21.1. The summed E-state index contributed by atoms with van der Waals surface area (Å²) in [6.45, 7) is 6.13. The summed E-state index contributed by atoms with van der Waals surface area (Å²) < 4.78 is 5.40. The van der Waals surface area contributed by atoms with Gasteiger partial charge in [-0.25, -0.2) is 0 Å². The van der Waals surface area contributed by atoms with Gasteiger partial charge in [0.1, 0.15) is 5.54 Å². The normalized spacial score (nSPS) is 32.2. The van der Waals surface area contributed by atoms with Crippen molar-refractivity contribution in [1.82, 2.24) is 15.1 Å². The maximum absolute atomic E-state index is 13.6. The van der Waals surface area contributed by atoms with Crippen molar-refractivity contribution in [3.8, 4) is 6.07 Å². The third-order valence-electron chi connectivity index (χ3n) is 8.88. The van der Waals surface area contributed by atoms with Gasteiger partial charge in [-0.2, -0.15) is 5.26 Å². The van der Waals surface area contributed by atoms with Crippen LogP contribution in [-0.4, -0.2) is 72.6 Å². The van der Waals surface area contributed by atoms with Gasteiger partial charge >= 0.3 is 0 Å². The highest BCUT2D eigenvalue weighted by Gasteiger charge is 2.43. The van der Waals surface area contributed by atoms with Crippen molar-refractivity contribution in [2.24, 2.45) is 17.8 Å². The second-order valence-electron chi connectivity index (χ2n) is 11.5. The first-order valence-electron chi connectivity index (χ1n) is 13.8. The first kappa shape index (κ1) is 25.4. The van der Waals surface area contributed by atoms with E-state index in [1.54, 1.807) is 0 Å². The molecule has 0 spiro atoms. The largest absolute Gasteiger partial charge is 0.378 e. The predicted molar refractivity (Wildman–Crippen MR) is 131 cm³/mol. The summed E-state index contributed by atoms with van der Waals surface area (Å²) in [5.41, 5.74) is -0.824. The molecule has 2 amide bonds. The van der Waals surface area contributed by atoms with E-state index in [9.17, 15) is 14.9 Å². The Bertz CT molecular complexity index is 733. The Balaban J connectivity index is 1.40. The molecular formula is C27H44N4O3. The number of ether oxygens (including phenoxy) is 1. The SMILES string of the molecule is CC1CCC(C[C@H](CC(=O)N2CCOCC2)C(=O)NC2(C#N)CCN(C3CCCCC3)C2)CC1. The van der Waals surface area contributed by atoms with Gasteiger partial charge < -0.3 is 15.0 Å². The van der Waals surface area contributed by atoms with E-state index < -0.39 is 5.54 Å². The molecule has 2 saturated heterocycles. The summed E-state index contributed by atoms with van der Waals surface area (Å²) in [5, 5.41) is 13.3. The lowest BCUT2D eigenvalue weighted by Crippen LogP contribution is -2.53. The fourth-order valence-electron chi connectivity index (χ4n) is 6.56. The van der Waals surface area contributed by atoms with Crippen LogP contribution in [0.15, 0.2) is 0 Å². The minimum absolute atomic E-state index is 0.0499. The van der Waals surface area contributed by atoms with Gasteiger partial charge in [0.05, 0.1) is 19.3 Å². The minimum Gasteiger partial charge on any atom is -0.378 e. The molecule has 4 fully saturated rings. The molecule has 2 heterocycles. The Morgan fingerprint density at radius 1 is 1.06 bits per heavy atom. The fourth-order valence-corrected chi connectivity index (χ4v) is 6.56. The molecule has 7 heteroatoms. The van der Waals surface area contributed by atoms with Crippen LogP contribution in [-0.2, 0) is 14.3 Å². The van der Waals surface area contributed by atoms with Crippen molar-refractivity contribution < 1.29 is 14.3 Å². The van der Waals surface area contributed by atoms with Gasteiger partial charge in [-0.1, -0.05) is 51.9 Å². The van der Waals surface area contributed by atoms with Gasteiger partial charge in [0.15, 0.2) is 0 Å². The van der Waals surface area contributed by atoms with Crippen LogP contribution in [0.4, 0.5) is 0 Å². The topological polar surface area (TPSA) is 85.7 Å². The quantitative estimate of drug-likeness (QED) is 0.613. The van der Waals surface area contributed by atoms with Gasteiger partial charge in [-0.3, -0.25) is 14.5 Å². The molecule has 2 aliphatic heterocycles. The molecule has 0 aromatic rings. The smallest absolute Gasteiger partial charge is 0.224 e. The van der Waals surface area contributed by atoms with E-state index in [0.29, 0.717) is 51.2 Å². The molecule has 0 bridgehead atoms. The molecule has 2 atom stereocenters. The van der Waals surface area contributed by atoms with Crippen LogP contribution in [0, 0.1) is 29.1 Å². The number of nitrogens with one attached hydrogen (secondary N) is 1. The van der Waals surface area contributed by atoms with Crippen molar-refractivity contribution in [1.29, 1.82) is 5.26 Å². The Hall–Kier alpha value is -1.65. The lowest BCUT2D eigenvalue weighted by Gasteiger charge is -2.34. The first-order chi connectivity index (χ1) is 16.5. The van der Waals surface area contributed by atoms with Crippen LogP contribution in [0.2, 0.25) is 0 Å². The molecule has 34 heavy (non-hydrogen) atoms. The van der Waals surface area contributed by atoms with E-state index in [1.165, 1.54) is 44.9 Å². The number of amides is 2. The van der Waals surface area contributed by atoms with Crippen molar-refractivity contribution in [2.75, 3.05) is 39.4 Å². The molecule has 190 valence electrons. The lowest BCUT2D eigenvalue weighted by atomic mass is 9.77. The molecule has 2 saturated carbocycles. The maximum atomic E-state index is 13.6. The zero-order valence-corrected chi connectivity index (χ0v) is 21.1. The summed E-state index contributed by atoms with van der Waals surface area (Å²) in [6.07, 6.45) is 12.6. The molecule has 7 nitrogen and oxygen atoms in total. The van der Waals surface area contributed by atoms with Crippen LogP contribution in [0.25, 0.3) is 0 Å². The van der Waals surface area contributed by atoms with E-state index in [2.05, 4.69) is 23.2 Å². The van der Waals surface area contributed by atoms with Gasteiger partial charge in [0.2, 0.25) is 11.8 Å². The molecular weight excluding hydrogens is 428 g/mol. The number of nitrogens with zero attached hydrogens (tertiary/aromatic N) is 3. The number of nitriles is 1. The maximum Gasteiger partial charge on any atom is 0.224 e. The van der Waals surface area contributed by atoms with Crippen LogP contribution < -0.4 is 5.32 Å². The van der Waals surface area contributed by atoms with Gasteiger partial charge in [0, 0.05) is 44.6 Å². The number of hydrogen-bond acceptors (Lipinski definition) is 5. The van der Waals surface area contributed by atoms with Crippen LogP contribution in [0.3, 0.4) is 0 Å². The number of likely N-dealkylation sites (tertiary alicyclic amines) is 1. The Morgan fingerprint density at radius 2 is 1.76 bits per heavy atom. The first-order valence-corrected chi connectivity index (χ1v) is 13.8. The van der Waals surface area contributed by atoms with Crippen molar-refractivity contribution >= 4 is 11.8 Å². The molecule has 2 aliphatic carbocycles. The molecule has 0 radical (unpaired) electrons. The molecule has 0 aromatic heterocycles. The fraction of sp³-hybridized carbons (Fsp3) is 0.889. The number of carbonyl (C=O) groups excluding carboxylic acids is 2. The van der Waals surface area contributed by atoms with E-state index in [1.807, 2.05) is 4.90 Å². The summed E-state index contributed by atoms with van der Waals surface area (Å²) >= 11 is 0. The minimum atomic E-state index is -0.824. The summed E-state index contributed by atoms with van der Waals surface area (Å²) in [5.74, 6) is 0.846. The molecule has 1 unspecified atom stereocenters. The van der Waals surface area contributed by atoms with E-state index in [0.717, 1.165) is 31.7 Å². The van der Waals surface area contributed by atoms with Crippen molar-refractivity contribution in [3.05, 3.63) is 0 Å². The third-order valence-corrected chi connectivity index (χ3v) is 8.88. The summed E-state index contributed by atoms with van der Waals surface area (Å²) in [4.78, 5) is 31.0. The van der Waals surface area contributed by atoms with Crippen molar-refractivity contribution in [3.63, 3.8) is 0 Å². The van der Waals surface area contributed by atoms with Crippen LogP contribution in [0.5, 0.6) is 0 Å². The Morgan fingerprint density at radius 3 is 2.44 bits per heavy atom. The number of rotatable bonds is 7. The number of morpholine rings is 1. The average Bonchev–Trinajstić information content (AvgIpc) is 3.30. The summed E-state index contributed by atoms with van der Waals surface area (Å²) in [7, 11) is 0. The zero-order chi connectivity index (χ0) is 24.0. The summed E-state index contributed by atoms with van der Waals surface area (Å²) in [6, 6.07) is 3.02. The molecule has 4 rings (SSSR count). The lowest BCUT2D eigenvalue weighted by molar-refractivity contribution is -0.140. The van der Waals surface area contributed by atoms with Crippen LogP contribution >= 0.6 is 0 Å². The standard InChI is InChI=1S/C27H44N4O3/c1-21-7-9-22(10-8-21)17-23(18-25(32)30-13-15-34-16-14-30)26(33)29-27(19-28)11-12-31(20-27)24-5-3-2-4-6-24/h21-24H,2-18,20H2,1H3,(H,29,33)/t21?,22?,23-,27?/m1/s1. The van der Waals surface area contributed by atoms with E-state index in [-0.39, 0.29) is 24.2 Å². The molecule has 0 aromatic carbocycles. The second kappa shape index (κ2) is 11.9. The molecule has 4 aliphatic rings. The Labute approximate surface area is 205 Å². The van der Waals surface area contributed by atoms with Crippen molar-refractivity contribution in [2.45, 2.75) is 95.6 Å². The molecule has 1 N–H and O–H groups in total. The highest BCUT2D eigenvalue weighted by Crippen LogP contribution is 2.34. The second-order valence-corrected chi connectivity index (χ2v) is 11.5. The van der Waals surface area contributed by atoms with Gasteiger partial charge in [-0.05, 0) is 37.5 Å². The monoisotopic (exact) mass is 472 g/mol. The predicted octanol–water partition coefficient (Wildman–Crippen LogP) is 3.48. The van der Waals surface area contributed by atoms with E-state index in [4.69, 9.17) is 4.74 Å². The number of hydrogen-bond donors (Lipinski definition) is 1. The highest BCUT2D eigenvalue weighted by atomic mass is 16.5. The van der Waals surface area contributed by atoms with Gasteiger partial charge in [0.25, 0.3) is 0 Å². The van der Waals surface area contributed by atoms with E-state index >= 15 is 0 Å². The number of carbonyl (C=O) groups is 2.